The van der Waals surface area contributed by atoms with Gasteiger partial charge in [0.2, 0.25) is 5.91 Å². The van der Waals surface area contributed by atoms with Crippen LogP contribution < -0.4 is 0 Å². The molecule has 0 spiro atoms. The van der Waals surface area contributed by atoms with Crippen molar-refractivity contribution in [1.29, 1.82) is 0 Å². The number of nitrogens with zero attached hydrogens (tertiary/aromatic N) is 3. The number of rotatable bonds is 5. The normalized spacial score (nSPS) is 17.7. The minimum absolute atomic E-state index is 0.0243. The van der Waals surface area contributed by atoms with E-state index in [1.54, 1.807) is 18.3 Å². The topological polar surface area (TPSA) is 36.4 Å². The third-order valence-corrected chi connectivity index (χ3v) is 4.64. The molecule has 1 saturated heterocycles. The molecule has 1 fully saturated rings. The van der Waals surface area contributed by atoms with Gasteiger partial charge in [-0.1, -0.05) is 18.2 Å². The average molecular weight is 341 g/mol. The van der Waals surface area contributed by atoms with Gasteiger partial charge in [0.25, 0.3) is 0 Å². The molecule has 4 nitrogen and oxygen atoms in total. The van der Waals surface area contributed by atoms with E-state index in [4.69, 9.17) is 0 Å². The first-order valence-electron chi connectivity index (χ1n) is 8.76. The molecular weight excluding hydrogens is 317 g/mol. The van der Waals surface area contributed by atoms with E-state index in [-0.39, 0.29) is 17.8 Å². The van der Waals surface area contributed by atoms with E-state index in [0.29, 0.717) is 13.1 Å². The summed E-state index contributed by atoms with van der Waals surface area (Å²) in [6, 6.07) is 10.5. The highest BCUT2D eigenvalue weighted by Crippen LogP contribution is 2.31. The molecule has 1 aromatic carbocycles. The summed E-state index contributed by atoms with van der Waals surface area (Å²) in [5, 5.41) is 0. The number of carbonyl (C=O) groups excluding carboxylic acids is 1. The lowest BCUT2D eigenvalue weighted by Crippen LogP contribution is -2.43. The molecule has 2 heterocycles. The van der Waals surface area contributed by atoms with Crippen LogP contribution in [0.15, 0.2) is 48.8 Å². The Morgan fingerprint density at radius 1 is 1.32 bits per heavy atom. The van der Waals surface area contributed by atoms with Crippen LogP contribution in [-0.4, -0.2) is 40.8 Å². The largest absolute Gasteiger partial charge is 0.335 e. The van der Waals surface area contributed by atoms with Crippen LogP contribution in [0.2, 0.25) is 0 Å². The van der Waals surface area contributed by atoms with Crippen molar-refractivity contribution >= 4 is 5.91 Å². The first-order valence-corrected chi connectivity index (χ1v) is 8.76. The number of likely N-dealkylation sites (tertiary alicyclic amines) is 1. The van der Waals surface area contributed by atoms with Crippen LogP contribution in [0, 0.1) is 5.82 Å². The molecule has 0 N–H and O–H groups in total. The summed E-state index contributed by atoms with van der Waals surface area (Å²) in [7, 11) is 1.94. The second-order valence-electron chi connectivity index (χ2n) is 6.69. The zero-order valence-electron chi connectivity index (χ0n) is 14.6. The molecule has 3 rings (SSSR count). The first-order chi connectivity index (χ1) is 12.1. The SMILES string of the molecule is CN(CC(=O)N1CCCC[C@H]1c1cccc(F)c1)Cc1cccnc1. The molecule has 0 aliphatic carbocycles. The number of piperidine rings is 1. The molecule has 2 aromatic rings. The number of carbonyl (C=O) groups is 1. The van der Waals surface area contributed by atoms with Crippen molar-refractivity contribution in [2.75, 3.05) is 20.1 Å². The number of pyridine rings is 1. The van der Waals surface area contributed by atoms with E-state index in [0.717, 1.165) is 36.9 Å². The van der Waals surface area contributed by atoms with Crippen LogP contribution in [0.3, 0.4) is 0 Å². The number of hydrogen-bond donors (Lipinski definition) is 0. The molecule has 1 aliphatic heterocycles. The Labute approximate surface area is 148 Å². The van der Waals surface area contributed by atoms with Gasteiger partial charge in [0, 0.05) is 25.5 Å². The van der Waals surface area contributed by atoms with Gasteiger partial charge >= 0.3 is 0 Å². The summed E-state index contributed by atoms with van der Waals surface area (Å²) in [4.78, 5) is 20.9. The molecule has 1 aliphatic rings. The Kier molecular flexibility index (Phi) is 5.76. The fourth-order valence-corrected chi connectivity index (χ4v) is 3.47. The summed E-state index contributed by atoms with van der Waals surface area (Å²) in [6.07, 6.45) is 6.52. The minimum atomic E-state index is -0.246. The maximum atomic E-state index is 13.6. The fourth-order valence-electron chi connectivity index (χ4n) is 3.47. The third-order valence-electron chi connectivity index (χ3n) is 4.64. The van der Waals surface area contributed by atoms with E-state index in [1.807, 2.05) is 41.2 Å². The summed E-state index contributed by atoms with van der Waals surface area (Å²) in [5.74, 6) is -0.149. The smallest absolute Gasteiger partial charge is 0.237 e. The molecule has 132 valence electrons. The van der Waals surface area contributed by atoms with Crippen LogP contribution >= 0.6 is 0 Å². The minimum Gasteiger partial charge on any atom is -0.335 e. The van der Waals surface area contributed by atoms with Gasteiger partial charge in [0.1, 0.15) is 5.82 Å². The Bertz CT molecular complexity index is 707. The van der Waals surface area contributed by atoms with Crippen molar-refractivity contribution in [1.82, 2.24) is 14.8 Å². The van der Waals surface area contributed by atoms with Gasteiger partial charge in [-0.2, -0.15) is 0 Å². The van der Waals surface area contributed by atoms with Gasteiger partial charge in [-0.15, -0.1) is 0 Å². The number of halogens is 1. The van der Waals surface area contributed by atoms with E-state index in [2.05, 4.69) is 4.98 Å². The second-order valence-corrected chi connectivity index (χ2v) is 6.69. The average Bonchev–Trinajstić information content (AvgIpc) is 2.62. The van der Waals surface area contributed by atoms with Gasteiger partial charge < -0.3 is 4.90 Å². The maximum Gasteiger partial charge on any atom is 0.237 e. The Morgan fingerprint density at radius 3 is 2.96 bits per heavy atom. The number of aromatic nitrogens is 1. The van der Waals surface area contributed by atoms with E-state index >= 15 is 0 Å². The number of likely N-dealkylation sites (N-methyl/N-ethyl adjacent to an activating group) is 1. The van der Waals surface area contributed by atoms with Crippen LogP contribution in [0.1, 0.15) is 36.4 Å². The quantitative estimate of drug-likeness (QED) is 0.836. The summed E-state index contributed by atoms with van der Waals surface area (Å²) < 4.78 is 13.6. The maximum absolute atomic E-state index is 13.6. The van der Waals surface area contributed by atoms with Crippen LogP contribution in [-0.2, 0) is 11.3 Å². The van der Waals surface area contributed by atoms with Crippen LogP contribution in [0.5, 0.6) is 0 Å². The zero-order valence-corrected chi connectivity index (χ0v) is 14.6. The monoisotopic (exact) mass is 341 g/mol. The van der Waals surface area contributed by atoms with E-state index in [1.165, 1.54) is 6.07 Å². The van der Waals surface area contributed by atoms with Gasteiger partial charge in [0.15, 0.2) is 0 Å². The first kappa shape index (κ1) is 17.5. The van der Waals surface area contributed by atoms with Gasteiger partial charge in [0.05, 0.1) is 12.6 Å². The van der Waals surface area contributed by atoms with Crippen molar-refractivity contribution in [2.45, 2.75) is 31.8 Å². The van der Waals surface area contributed by atoms with Crippen molar-refractivity contribution in [3.05, 3.63) is 65.7 Å². The molecule has 0 bridgehead atoms. The molecule has 1 amide bonds. The summed E-state index contributed by atoms with van der Waals surface area (Å²) in [5.41, 5.74) is 1.97. The van der Waals surface area contributed by atoms with Crippen LogP contribution in [0.4, 0.5) is 4.39 Å². The predicted octanol–water partition coefficient (Wildman–Crippen LogP) is 3.41. The second kappa shape index (κ2) is 8.21. The van der Waals surface area contributed by atoms with Gasteiger partial charge in [-0.25, -0.2) is 4.39 Å². The van der Waals surface area contributed by atoms with Crippen molar-refractivity contribution in [3.63, 3.8) is 0 Å². The number of hydrogen-bond acceptors (Lipinski definition) is 3. The molecule has 1 aromatic heterocycles. The Morgan fingerprint density at radius 2 is 2.20 bits per heavy atom. The Balaban J connectivity index is 1.66. The molecule has 5 heteroatoms. The Hall–Kier alpha value is -2.27. The standard InChI is InChI=1S/C20H24FN3O/c1-23(14-16-6-5-10-22-13-16)15-20(25)24-11-3-2-9-19(24)17-7-4-8-18(21)12-17/h4-8,10,12-13,19H,2-3,9,11,14-15H2,1H3/t19-/m0/s1. The van der Waals surface area contributed by atoms with Crippen molar-refractivity contribution in [2.24, 2.45) is 0 Å². The zero-order chi connectivity index (χ0) is 17.6. The number of benzene rings is 1. The highest BCUT2D eigenvalue weighted by atomic mass is 19.1. The molecule has 1 atom stereocenters. The molecule has 25 heavy (non-hydrogen) atoms. The lowest BCUT2D eigenvalue weighted by atomic mass is 9.95. The van der Waals surface area contributed by atoms with Crippen LogP contribution in [0.25, 0.3) is 0 Å². The molecular formula is C20H24FN3O. The summed E-state index contributed by atoms with van der Waals surface area (Å²) in [6.45, 7) is 1.76. The van der Waals surface area contributed by atoms with E-state index in [9.17, 15) is 9.18 Å². The highest BCUT2D eigenvalue weighted by Gasteiger charge is 2.28. The predicted molar refractivity (Wildman–Crippen MR) is 95.3 cm³/mol. The lowest BCUT2D eigenvalue weighted by Gasteiger charge is -2.37. The van der Waals surface area contributed by atoms with E-state index < -0.39 is 0 Å². The van der Waals surface area contributed by atoms with Crippen molar-refractivity contribution < 1.29 is 9.18 Å². The van der Waals surface area contributed by atoms with Crippen molar-refractivity contribution in [3.8, 4) is 0 Å². The third kappa shape index (κ3) is 4.63. The molecule has 0 saturated carbocycles. The van der Waals surface area contributed by atoms with Gasteiger partial charge in [-0.05, 0) is 55.6 Å². The number of amides is 1. The fraction of sp³-hybridized carbons (Fsp3) is 0.400. The molecule has 0 radical (unpaired) electrons. The lowest BCUT2D eigenvalue weighted by molar-refractivity contribution is -0.136. The summed E-state index contributed by atoms with van der Waals surface area (Å²) >= 11 is 0. The highest BCUT2D eigenvalue weighted by molar-refractivity contribution is 5.79. The van der Waals surface area contributed by atoms with Gasteiger partial charge in [-0.3, -0.25) is 14.7 Å². The molecule has 0 unspecified atom stereocenters.